The summed E-state index contributed by atoms with van der Waals surface area (Å²) in [4.78, 5) is 18.6. The summed E-state index contributed by atoms with van der Waals surface area (Å²) in [5.74, 6) is 0.551. The van der Waals surface area contributed by atoms with E-state index in [9.17, 15) is 4.79 Å². The molecule has 20 heavy (non-hydrogen) atoms. The summed E-state index contributed by atoms with van der Waals surface area (Å²) < 4.78 is 1.01. The number of fused-ring (bicyclic) bond motifs is 1. The van der Waals surface area contributed by atoms with Crippen LogP contribution in [0.2, 0.25) is 0 Å². The summed E-state index contributed by atoms with van der Waals surface area (Å²) in [5.41, 5.74) is 3.42. The average Bonchev–Trinajstić information content (AvgIpc) is 2.89. The van der Waals surface area contributed by atoms with Crippen LogP contribution in [-0.4, -0.2) is 16.2 Å². The number of nitrogens with zero attached hydrogens (tertiary/aromatic N) is 2. The molecule has 0 saturated heterocycles. The van der Waals surface area contributed by atoms with Crippen LogP contribution in [0.25, 0.3) is 10.2 Å². The van der Waals surface area contributed by atoms with Gasteiger partial charge in [0.1, 0.15) is 10.6 Å². The molecule has 0 spiro atoms. The molecule has 3 rings (SSSR count). The molecule has 3 aromatic rings. The van der Waals surface area contributed by atoms with E-state index in [1.165, 1.54) is 11.3 Å². The smallest absolute Gasteiger partial charge is 0.290 e. The van der Waals surface area contributed by atoms with Gasteiger partial charge in [0.05, 0.1) is 11.6 Å². The van der Waals surface area contributed by atoms with Crippen LogP contribution in [0, 0.1) is 0 Å². The second kappa shape index (κ2) is 5.56. The molecule has 0 amide bonds. The SMILES string of the molecule is O=c1nc2sccc2c(N/N=C/c2ccc(Br)cc2)[nH]1. The molecule has 0 unspecified atom stereocenters. The molecule has 0 aliphatic rings. The van der Waals surface area contributed by atoms with Crippen molar-refractivity contribution in [3.63, 3.8) is 0 Å². The van der Waals surface area contributed by atoms with E-state index in [0.29, 0.717) is 10.6 Å². The summed E-state index contributed by atoms with van der Waals surface area (Å²) in [6, 6.07) is 9.63. The molecule has 7 heteroatoms. The number of benzene rings is 1. The summed E-state index contributed by atoms with van der Waals surface area (Å²) in [5, 5.41) is 6.86. The number of hydrogen-bond donors (Lipinski definition) is 2. The van der Waals surface area contributed by atoms with Crippen molar-refractivity contribution in [2.24, 2.45) is 5.10 Å². The van der Waals surface area contributed by atoms with Gasteiger partial charge in [0, 0.05) is 4.47 Å². The van der Waals surface area contributed by atoms with Gasteiger partial charge in [0.15, 0.2) is 0 Å². The number of rotatable bonds is 3. The van der Waals surface area contributed by atoms with Crippen LogP contribution in [-0.2, 0) is 0 Å². The number of anilines is 1. The number of hydrazone groups is 1. The second-order valence-electron chi connectivity index (χ2n) is 3.98. The van der Waals surface area contributed by atoms with Gasteiger partial charge >= 0.3 is 5.69 Å². The van der Waals surface area contributed by atoms with Gasteiger partial charge in [-0.3, -0.25) is 10.4 Å². The Bertz CT molecular complexity index is 822. The molecular formula is C13H9BrN4OS. The fraction of sp³-hybridized carbons (Fsp3) is 0. The van der Waals surface area contributed by atoms with E-state index >= 15 is 0 Å². The van der Waals surface area contributed by atoms with Crippen LogP contribution in [0.15, 0.2) is 50.1 Å². The van der Waals surface area contributed by atoms with Gasteiger partial charge in [-0.05, 0) is 29.1 Å². The molecule has 0 aliphatic heterocycles. The molecule has 0 aliphatic carbocycles. The van der Waals surface area contributed by atoms with Crippen LogP contribution in [0.3, 0.4) is 0 Å². The number of aromatic amines is 1. The van der Waals surface area contributed by atoms with Crippen molar-refractivity contribution < 1.29 is 0 Å². The molecule has 100 valence electrons. The van der Waals surface area contributed by atoms with Gasteiger partial charge in [-0.2, -0.15) is 10.1 Å². The summed E-state index contributed by atoms with van der Waals surface area (Å²) in [6.07, 6.45) is 1.68. The van der Waals surface area contributed by atoms with E-state index in [4.69, 9.17) is 0 Å². The predicted octanol–water partition coefficient (Wildman–Crippen LogP) is 3.19. The normalized spacial score (nSPS) is 11.2. The first-order valence-electron chi connectivity index (χ1n) is 5.74. The van der Waals surface area contributed by atoms with Gasteiger partial charge in [-0.1, -0.05) is 28.1 Å². The first-order valence-corrected chi connectivity index (χ1v) is 7.42. The molecule has 0 fully saturated rings. The highest BCUT2D eigenvalue weighted by Gasteiger charge is 2.04. The molecule has 0 bridgehead atoms. The van der Waals surface area contributed by atoms with Crippen molar-refractivity contribution in [1.82, 2.24) is 9.97 Å². The van der Waals surface area contributed by atoms with Crippen molar-refractivity contribution in [2.75, 3.05) is 5.43 Å². The molecule has 0 radical (unpaired) electrons. The Hall–Kier alpha value is -1.99. The highest BCUT2D eigenvalue weighted by atomic mass is 79.9. The Labute approximate surface area is 126 Å². The van der Waals surface area contributed by atoms with Crippen molar-refractivity contribution in [2.45, 2.75) is 0 Å². The van der Waals surface area contributed by atoms with E-state index < -0.39 is 0 Å². The van der Waals surface area contributed by atoms with Crippen LogP contribution < -0.4 is 11.1 Å². The first-order chi connectivity index (χ1) is 9.72. The van der Waals surface area contributed by atoms with Gasteiger partial charge in [-0.25, -0.2) is 4.79 Å². The Morgan fingerprint density at radius 2 is 2.10 bits per heavy atom. The lowest BCUT2D eigenvalue weighted by Gasteiger charge is -2.01. The number of halogens is 1. The van der Waals surface area contributed by atoms with Crippen LogP contribution in [0.1, 0.15) is 5.56 Å². The van der Waals surface area contributed by atoms with Crippen molar-refractivity contribution in [3.05, 3.63) is 56.2 Å². The summed E-state index contributed by atoms with van der Waals surface area (Å²) in [6.45, 7) is 0. The molecule has 2 N–H and O–H groups in total. The molecular weight excluding hydrogens is 340 g/mol. The molecule has 2 aromatic heterocycles. The number of aromatic nitrogens is 2. The summed E-state index contributed by atoms with van der Waals surface area (Å²) >= 11 is 4.79. The highest BCUT2D eigenvalue weighted by molar-refractivity contribution is 9.10. The standard InChI is InChI=1S/C13H9BrN4OS/c14-9-3-1-8(2-4-9)7-15-18-11-10-5-6-20-12(10)17-13(19)16-11/h1-7H,(H2,16,17,18,19)/b15-7+. The van der Waals surface area contributed by atoms with E-state index in [1.54, 1.807) is 6.21 Å². The topological polar surface area (TPSA) is 70.1 Å². The zero-order valence-corrected chi connectivity index (χ0v) is 12.5. The van der Waals surface area contributed by atoms with E-state index in [-0.39, 0.29) is 5.69 Å². The maximum atomic E-state index is 11.4. The highest BCUT2D eigenvalue weighted by Crippen LogP contribution is 2.22. The van der Waals surface area contributed by atoms with Crippen molar-refractivity contribution >= 4 is 49.5 Å². The Morgan fingerprint density at radius 1 is 1.30 bits per heavy atom. The van der Waals surface area contributed by atoms with Crippen molar-refractivity contribution in [3.8, 4) is 0 Å². The second-order valence-corrected chi connectivity index (χ2v) is 5.79. The van der Waals surface area contributed by atoms with Crippen LogP contribution in [0.4, 0.5) is 5.82 Å². The molecule has 0 saturated carbocycles. The number of thiophene rings is 1. The number of nitrogens with one attached hydrogen (secondary N) is 2. The van der Waals surface area contributed by atoms with Crippen molar-refractivity contribution in [1.29, 1.82) is 0 Å². The van der Waals surface area contributed by atoms with Gasteiger partial charge in [0.25, 0.3) is 0 Å². The van der Waals surface area contributed by atoms with E-state index in [1.807, 2.05) is 35.7 Å². The Morgan fingerprint density at radius 3 is 2.90 bits per heavy atom. The molecule has 2 heterocycles. The zero-order valence-electron chi connectivity index (χ0n) is 10.1. The maximum Gasteiger partial charge on any atom is 0.347 e. The third-order valence-corrected chi connectivity index (χ3v) is 3.94. The Kier molecular flexibility index (Phi) is 3.62. The molecule has 0 atom stereocenters. The molecule has 1 aromatic carbocycles. The van der Waals surface area contributed by atoms with Gasteiger partial charge in [-0.15, -0.1) is 11.3 Å². The minimum atomic E-state index is -0.388. The Balaban J connectivity index is 1.84. The monoisotopic (exact) mass is 348 g/mol. The number of hydrogen-bond acceptors (Lipinski definition) is 5. The van der Waals surface area contributed by atoms with Crippen LogP contribution >= 0.6 is 27.3 Å². The van der Waals surface area contributed by atoms with E-state index in [0.717, 1.165) is 15.4 Å². The zero-order chi connectivity index (χ0) is 13.9. The first kappa shape index (κ1) is 13.0. The fourth-order valence-electron chi connectivity index (χ4n) is 1.68. The van der Waals surface area contributed by atoms with Crippen LogP contribution in [0.5, 0.6) is 0 Å². The lowest BCUT2D eigenvalue weighted by Crippen LogP contribution is -2.11. The van der Waals surface area contributed by atoms with E-state index in [2.05, 4.69) is 36.4 Å². The fourth-order valence-corrected chi connectivity index (χ4v) is 2.71. The third-order valence-electron chi connectivity index (χ3n) is 2.61. The van der Waals surface area contributed by atoms with Gasteiger partial charge in [0.2, 0.25) is 0 Å². The van der Waals surface area contributed by atoms with Gasteiger partial charge < -0.3 is 0 Å². The quantitative estimate of drug-likeness (QED) is 0.564. The minimum Gasteiger partial charge on any atom is -0.290 e. The molecule has 5 nitrogen and oxygen atoms in total. The largest absolute Gasteiger partial charge is 0.347 e. The average molecular weight is 349 g/mol. The third kappa shape index (κ3) is 2.78. The predicted molar refractivity (Wildman–Crippen MR) is 85.6 cm³/mol. The number of H-pyrrole nitrogens is 1. The maximum absolute atomic E-state index is 11.4. The lowest BCUT2D eigenvalue weighted by atomic mass is 10.2. The lowest BCUT2D eigenvalue weighted by molar-refractivity contribution is 1.11. The summed E-state index contributed by atoms with van der Waals surface area (Å²) in [7, 11) is 0. The minimum absolute atomic E-state index is 0.388.